The van der Waals surface area contributed by atoms with Gasteiger partial charge in [0, 0.05) is 17.6 Å². The molecule has 6 nitrogen and oxygen atoms in total. The minimum Gasteiger partial charge on any atom is -0.294 e. The van der Waals surface area contributed by atoms with Gasteiger partial charge in [-0.05, 0) is 30.0 Å². The van der Waals surface area contributed by atoms with E-state index in [1.54, 1.807) is 11.3 Å². The van der Waals surface area contributed by atoms with Gasteiger partial charge in [-0.25, -0.2) is 9.67 Å². The Morgan fingerprint density at radius 3 is 2.73 bits per heavy atom. The highest BCUT2D eigenvalue weighted by atomic mass is 32.1. The topological polar surface area (TPSA) is 59.7 Å². The smallest absolute Gasteiger partial charge is 0.165 e. The van der Waals surface area contributed by atoms with Crippen molar-refractivity contribution < 1.29 is 0 Å². The molecule has 22 heavy (non-hydrogen) atoms. The van der Waals surface area contributed by atoms with Crippen LogP contribution in [-0.2, 0) is 19.6 Å². The number of aromatic nitrogens is 5. The summed E-state index contributed by atoms with van der Waals surface area (Å²) in [7, 11) is 2.07. The van der Waals surface area contributed by atoms with Crippen LogP contribution in [-0.4, -0.2) is 37.1 Å². The number of thiazole rings is 1. The van der Waals surface area contributed by atoms with Crippen molar-refractivity contribution in [3.63, 3.8) is 0 Å². The molecule has 2 heterocycles. The van der Waals surface area contributed by atoms with E-state index in [9.17, 15) is 0 Å². The molecule has 0 radical (unpaired) electrons. The Kier molecular flexibility index (Phi) is 4.55. The third-order valence-corrected chi connectivity index (χ3v) is 4.18. The van der Waals surface area contributed by atoms with E-state index in [0.717, 1.165) is 17.4 Å². The summed E-state index contributed by atoms with van der Waals surface area (Å²) in [4.78, 5) is 7.73. The third-order valence-electron chi connectivity index (χ3n) is 3.29. The second-order valence-electron chi connectivity index (χ2n) is 5.26. The second kappa shape index (κ2) is 6.76. The number of rotatable bonds is 6. The lowest BCUT2D eigenvalue weighted by atomic mass is 10.2. The van der Waals surface area contributed by atoms with Gasteiger partial charge in [0.15, 0.2) is 5.82 Å². The molecule has 1 aromatic carbocycles. The number of tetrazole rings is 1. The SMILES string of the molecule is Cc1ncc(CN(C)Cc2nnnn2Cc2ccccc2)s1. The summed E-state index contributed by atoms with van der Waals surface area (Å²) in [5.41, 5.74) is 1.19. The molecule has 0 bridgehead atoms. The molecule has 0 aliphatic rings. The van der Waals surface area contributed by atoms with Crippen molar-refractivity contribution in [1.82, 2.24) is 30.1 Å². The molecule has 0 aliphatic carbocycles. The van der Waals surface area contributed by atoms with Crippen LogP contribution >= 0.6 is 11.3 Å². The van der Waals surface area contributed by atoms with Gasteiger partial charge in [0.2, 0.25) is 0 Å². The molecule has 0 fully saturated rings. The van der Waals surface area contributed by atoms with Gasteiger partial charge >= 0.3 is 0 Å². The third kappa shape index (κ3) is 3.75. The van der Waals surface area contributed by atoms with E-state index in [0.29, 0.717) is 13.1 Å². The maximum Gasteiger partial charge on any atom is 0.165 e. The summed E-state index contributed by atoms with van der Waals surface area (Å²) in [6.07, 6.45) is 1.93. The van der Waals surface area contributed by atoms with Gasteiger partial charge in [-0.1, -0.05) is 30.3 Å². The Bertz CT molecular complexity index is 720. The molecule has 3 aromatic rings. The molecule has 114 valence electrons. The Balaban J connectivity index is 1.64. The van der Waals surface area contributed by atoms with E-state index >= 15 is 0 Å². The first kappa shape index (κ1) is 14.8. The summed E-state index contributed by atoms with van der Waals surface area (Å²) < 4.78 is 1.85. The van der Waals surface area contributed by atoms with Crippen LogP contribution in [0.25, 0.3) is 0 Å². The molecule has 0 saturated heterocycles. The molecular formula is C15H18N6S. The predicted molar refractivity (Wildman–Crippen MR) is 85.4 cm³/mol. The number of hydrogen-bond acceptors (Lipinski definition) is 6. The largest absolute Gasteiger partial charge is 0.294 e. The van der Waals surface area contributed by atoms with Gasteiger partial charge in [-0.3, -0.25) is 4.90 Å². The minimum absolute atomic E-state index is 0.691. The van der Waals surface area contributed by atoms with Crippen LogP contribution in [0.15, 0.2) is 36.5 Å². The lowest BCUT2D eigenvalue weighted by Crippen LogP contribution is -2.20. The number of benzene rings is 1. The Labute approximate surface area is 133 Å². The monoisotopic (exact) mass is 314 g/mol. The van der Waals surface area contributed by atoms with Crippen molar-refractivity contribution >= 4 is 11.3 Å². The summed E-state index contributed by atoms with van der Waals surface area (Å²) in [5.74, 6) is 0.868. The van der Waals surface area contributed by atoms with E-state index < -0.39 is 0 Å². The van der Waals surface area contributed by atoms with Gasteiger partial charge < -0.3 is 0 Å². The number of aryl methyl sites for hydroxylation is 1. The average Bonchev–Trinajstić information content (AvgIpc) is 3.10. The predicted octanol–water partition coefficient (Wildman–Crippen LogP) is 2.12. The molecule has 0 amide bonds. The standard InChI is InChI=1S/C15H18N6S/c1-12-16-8-14(22-12)10-20(2)11-15-17-18-19-21(15)9-13-6-4-3-5-7-13/h3-8H,9-11H2,1-2H3. The zero-order chi connectivity index (χ0) is 15.4. The molecule has 0 aliphatic heterocycles. The number of nitrogens with zero attached hydrogens (tertiary/aromatic N) is 6. The van der Waals surface area contributed by atoms with Crippen molar-refractivity contribution in [2.24, 2.45) is 0 Å². The average molecular weight is 314 g/mol. The van der Waals surface area contributed by atoms with Crippen LogP contribution in [0.3, 0.4) is 0 Å². The fraction of sp³-hybridized carbons (Fsp3) is 0.333. The highest BCUT2D eigenvalue weighted by molar-refractivity contribution is 7.11. The van der Waals surface area contributed by atoms with Crippen molar-refractivity contribution in [2.75, 3.05) is 7.05 Å². The van der Waals surface area contributed by atoms with Crippen molar-refractivity contribution in [1.29, 1.82) is 0 Å². The second-order valence-corrected chi connectivity index (χ2v) is 6.58. The Morgan fingerprint density at radius 1 is 1.18 bits per heavy atom. The van der Waals surface area contributed by atoms with Crippen LogP contribution in [0.4, 0.5) is 0 Å². The summed E-state index contributed by atoms with van der Waals surface area (Å²) in [6.45, 7) is 4.27. The Morgan fingerprint density at radius 2 is 2.00 bits per heavy atom. The zero-order valence-electron chi connectivity index (χ0n) is 12.7. The fourth-order valence-corrected chi connectivity index (χ4v) is 3.13. The van der Waals surface area contributed by atoms with Gasteiger partial charge in [-0.2, -0.15) is 0 Å². The molecule has 3 rings (SSSR count). The molecule has 0 N–H and O–H groups in total. The molecule has 0 saturated carbocycles. The molecule has 7 heteroatoms. The van der Waals surface area contributed by atoms with E-state index in [1.165, 1.54) is 10.4 Å². The minimum atomic E-state index is 0.691. The molecule has 2 aromatic heterocycles. The quantitative estimate of drug-likeness (QED) is 0.697. The highest BCUT2D eigenvalue weighted by Gasteiger charge is 2.11. The van der Waals surface area contributed by atoms with Gasteiger partial charge in [-0.15, -0.1) is 16.4 Å². The normalized spacial score (nSPS) is 11.2. The van der Waals surface area contributed by atoms with Crippen LogP contribution in [0, 0.1) is 6.92 Å². The first-order valence-corrected chi connectivity index (χ1v) is 7.91. The molecule has 0 unspecified atom stereocenters. The summed E-state index contributed by atoms with van der Waals surface area (Å²) in [5, 5.41) is 13.1. The molecular weight excluding hydrogens is 296 g/mol. The summed E-state index contributed by atoms with van der Waals surface area (Å²) in [6, 6.07) is 10.2. The molecule has 0 atom stereocenters. The van der Waals surface area contributed by atoms with Gasteiger partial charge in [0.25, 0.3) is 0 Å². The van der Waals surface area contributed by atoms with E-state index in [-0.39, 0.29) is 0 Å². The van der Waals surface area contributed by atoms with Crippen molar-refractivity contribution in [3.8, 4) is 0 Å². The molecule has 0 spiro atoms. The van der Waals surface area contributed by atoms with E-state index in [1.807, 2.05) is 36.0 Å². The van der Waals surface area contributed by atoms with Crippen LogP contribution < -0.4 is 0 Å². The summed E-state index contributed by atoms with van der Waals surface area (Å²) >= 11 is 1.72. The lowest BCUT2D eigenvalue weighted by Gasteiger charge is -2.14. The van der Waals surface area contributed by atoms with Crippen LogP contribution in [0.2, 0.25) is 0 Å². The highest BCUT2D eigenvalue weighted by Crippen LogP contribution is 2.14. The van der Waals surface area contributed by atoms with Gasteiger partial charge in [0.1, 0.15) is 0 Å². The Hall–Kier alpha value is -2.12. The van der Waals surface area contributed by atoms with Crippen LogP contribution in [0.5, 0.6) is 0 Å². The first-order chi connectivity index (χ1) is 10.7. The zero-order valence-corrected chi connectivity index (χ0v) is 13.5. The first-order valence-electron chi connectivity index (χ1n) is 7.09. The number of hydrogen-bond donors (Lipinski definition) is 0. The lowest BCUT2D eigenvalue weighted by molar-refractivity contribution is 0.306. The van der Waals surface area contributed by atoms with Crippen molar-refractivity contribution in [2.45, 2.75) is 26.6 Å². The van der Waals surface area contributed by atoms with Gasteiger partial charge in [0.05, 0.1) is 18.1 Å². The fourth-order valence-electron chi connectivity index (χ4n) is 2.26. The maximum absolute atomic E-state index is 4.29. The van der Waals surface area contributed by atoms with E-state index in [2.05, 4.69) is 44.6 Å². The van der Waals surface area contributed by atoms with Crippen LogP contribution in [0.1, 0.15) is 21.3 Å². The van der Waals surface area contributed by atoms with E-state index in [4.69, 9.17) is 0 Å². The van der Waals surface area contributed by atoms with Crippen molar-refractivity contribution in [3.05, 3.63) is 57.8 Å². The maximum atomic E-state index is 4.29.